The molecule has 0 saturated carbocycles. The minimum atomic E-state index is -0.152. The summed E-state index contributed by atoms with van der Waals surface area (Å²) < 4.78 is 0. The second-order valence-corrected chi connectivity index (χ2v) is 15.8. The van der Waals surface area contributed by atoms with Crippen LogP contribution in [0, 0.1) is 6.92 Å². The Bertz CT molecular complexity index is 2660. The van der Waals surface area contributed by atoms with Gasteiger partial charge in [0.05, 0.1) is 11.4 Å². The van der Waals surface area contributed by atoms with Gasteiger partial charge in [-0.3, -0.25) is 0 Å². The van der Waals surface area contributed by atoms with Crippen LogP contribution in [0.1, 0.15) is 96.6 Å². The van der Waals surface area contributed by atoms with E-state index in [9.17, 15) is 0 Å². The third kappa shape index (κ3) is 9.30. The van der Waals surface area contributed by atoms with Gasteiger partial charge in [-0.2, -0.15) is 0 Å². The van der Waals surface area contributed by atoms with E-state index in [4.69, 9.17) is 16.5 Å². The van der Waals surface area contributed by atoms with E-state index in [-0.39, 0.29) is 5.41 Å². The van der Waals surface area contributed by atoms with Crippen molar-refractivity contribution in [3.8, 4) is 56.2 Å². The third-order valence-corrected chi connectivity index (χ3v) is 11.8. The van der Waals surface area contributed by atoms with Crippen molar-refractivity contribution < 1.29 is 0 Å². The van der Waals surface area contributed by atoms with Crippen molar-refractivity contribution in [2.24, 2.45) is 0 Å². The molecule has 6 aromatic carbocycles. The number of hydrogen-bond acceptors (Lipinski definition) is 3. The van der Waals surface area contributed by atoms with Crippen LogP contribution in [-0.4, -0.2) is 9.97 Å². The molecule has 0 amide bonds. The molecule has 0 radical (unpaired) electrons. The molecule has 63 heavy (non-hydrogen) atoms. The highest BCUT2D eigenvalue weighted by Crippen LogP contribution is 2.52. The summed E-state index contributed by atoms with van der Waals surface area (Å²) in [6.07, 6.45) is 11.5. The molecule has 2 aliphatic rings. The number of fused-ring (bicyclic) bond motifs is 4. The van der Waals surface area contributed by atoms with Crippen LogP contribution >= 0.6 is 0 Å². The Balaban J connectivity index is 0.00000106. The first-order chi connectivity index (χ1) is 30.8. The lowest BCUT2D eigenvalue weighted by Crippen LogP contribution is -2.19. The zero-order chi connectivity index (χ0) is 45.1. The van der Waals surface area contributed by atoms with E-state index in [1.54, 1.807) is 0 Å². The molecule has 1 aromatic heterocycles. The lowest BCUT2D eigenvalue weighted by molar-refractivity contribution is 0.660. The average molecular weight is 828 g/mol. The van der Waals surface area contributed by atoms with Crippen molar-refractivity contribution >= 4 is 11.4 Å². The monoisotopic (exact) mass is 828 g/mol. The number of rotatable bonds is 7. The highest BCUT2D eigenvalue weighted by molar-refractivity contribution is 5.89. The van der Waals surface area contributed by atoms with Crippen molar-refractivity contribution in [1.29, 1.82) is 0 Å². The SMILES string of the molecule is C=C1/C=C\C=C/Cc2cc3c(cc2N1c1cc(-c2nc(-c4ccccc4)cc(-c4ccccc4)n2)c(C)c(-c2ccccc2CCC)c1)C(C)(C)c1ccccc1-3.CC.CC.CC. The van der Waals surface area contributed by atoms with Crippen molar-refractivity contribution in [3.63, 3.8) is 0 Å². The van der Waals surface area contributed by atoms with E-state index >= 15 is 0 Å². The molecule has 3 nitrogen and oxygen atoms in total. The zero-order valence-electron chi connectivity index (χ0n) is 39.3. The second kappa shape index (κ2) is 21.0. The van der Waals surface area contributed by atoms with E-state index < -0.39 is 0 Å². The van der Waals surface area contributed by atoms with E-state index in [0.717, 1.165) is 70.0 Å². The molecule has 7 aromatic rings. The van der Waals surface area contributed by atoms with Crippen molar-refractivity contribution in [3.05, 3.63) is 204 Å². The highest BCUT2D eigenvalue weighted by atomic mass is 15.1. The maximum atomic E-state index is 5.37. The quantitative estimate of drug-likeness (QED) is 0.160. The van der Waals surface area contributed by atoms with Gasteiger partial charge in [0, 0.05) is 39.2 Å². The van der Waals surface area contributed by atoms with Crippen LogP contribution in [0.2, 0.25) is 0 Å². The minimum absolute atomic E-state index is 0.152. The summed E-state index contributed by atoms with van der Waals surface area (Å²) in [5.74, 6) is 0.696. The number of allylic oxidation sites excluding steroid dienone is 4. The Hall–Kier alpha value is -6.58. The summed E-state index contributed by atoms with van der Waals surface area (Å²) in [7, 11) is 0. The zero-order valence-corrected chi connectivity index (χ0v) is 39.3. The first kappa shape index (κ1) is 45.9. The number of nitrogens with zero attached hydrogens (tertiary/aromatic N) is 3. The first-order valence-corrected chi connectivity index (χ1v) is 23.1. The Morgan fingerprint density at radius 1 is 0.587 bits per heavy atom. The van der Waals surface area contributed by atoms with Crippen molar-refractivity contribution in [2.75, 3.05) is 4.90 Å². The summed E-state index contributed by atoms with van der Waals surface area (Å²) in [4.78, 5) is 13.1. The fourth-order valence-electron chi connectivity index (χ4n) is 8.82. The van der Waals surface area contributed by atoms with Gasteiger partial charge in [0.15, 0.2) is 5.82 Å². The first-order valence-electron chi connectivity index (χ1n) is 23.1. The van der Waals surface area contributed by atoms with E-state index in [1.165, 1.54) is 44.5 Å². The lowest BCUT2D eigenvalue weighted by atomic mass is 9.82. The van der Waals surface area contributed by atoms with E-state index in [1.807, 2.05) is 53.7 Å². The maximum Gasteiger partial charge on any atom is 0.160 e. The van der Waals surface area contributed by atoms with Gasteiger partial charge in [0.1, 0.15) is 0 Å². The van der Waals surface area contributed by atoms with Gasteiger partial charge in [-0.25, -0.2) is 9.97 Å². The second-order valence-electron chi connectivity index (χ2n) is 15.8. The van der Waals surface area contributed by atoms with Crippen LogP contribution < -0.4 is 4.90 Å². The largest absolute Gasteiger partial charge is 0.311 e. The Morgan fingerprint density at radius 3 is 1.79 bits per heavy atom. The topological polar surface area (TPSA) is 29.0 Å². The Morgan fingerprint density at radius 2 is 1.16 bits per heavy atom. The van der Waals surface area contributed by atoms with Crippen LogP contribution in [0.3, 0.4) is 0 Å². The average Bonchev–Trinajstić information content (AvgIpc) is 3.60. The molecule has 0 N–H and O–H groups in total. The van der Waals surface area contributed by atoms with Gasteiger partial charge in [-0.15, -0.1) is 0 Å². The van der Waals surface area contributed by atoms with Gasteiger partial charge in [-0.05, 0) is 106 Å². The molecule has 1 aliphatic carbocycles. The summed E-state index contributed by atoms with van der Waals surface area (Å²) in [6.45, 7) is 25.9. The van der Waals surface area contributed by atoms with Crippen LogP contribution in [-0.2, 0) is 18.3 Å². The minimum Gasteiger partial charge on any atom is -0.311 e. The van der Waals surface area contributed by atoms with Crippen LogP contribution in [0.15, 0.2) is 176 Å². The normalized spacial score (nSPS) is 14.0. The van der Waals surface area contributed by atoms with E-state index in [0.29, 0.717) is 5.82 Å². The summed E-state index contributed by atoms with van der Waals surface area (Å²) in [5.41, 5.74) is 19.3. The molecule has 9 rings (SSSR count). The molecule has 320 valence electrons. The standard InChI is InChI=1S/C54H47N3.3C2H6/c1-6-20-38-22-16-17-28-43(38)45-32-42(33-46(37(45)3)53-55-50(39-23-11-8-12-24-39)35-51(56-53)40-25-13-9-14-26-40)57-36(2)21-10-7-15-27-41-31-47-44-29-18-19-30-48(44)54(4,5)49(47)34-52(41)57;3*1-2/h7-19,21-26,28-35H,2,6,20,27H2,1,3-5H3;3*1-2H3/b15-7-,21-10-;;;. The fourth-order valence-corrected chi connectivity index (χ4v) is 8.82. The van der Waals surface area contributed by atoms with Gasteiger partial charge in [0.2, 0.25) is 0 Å². The van der Waals surface area contributed by atoms with Gasteiger partial charge in [-0.1, -0.05) is 203 Å². The molecule has 3 heteroatoms. The molecule has 0 atom stereocenters. The van der Waals surface area contributed by atoms with Crippen molar-refractivity contribution in [2.45, 2.75) is 93.9 Å². The number of hydrogen-bond donors (Lipinski definition) is 0. The van der Waals surface area contributed by atoms with Crippen LogP contribution in [0.4, 0.5) is 11.4 Å². The summed E-state index contributed by atoms with van der Waals surface area (Å²) >= 11 is 0. The molecule has 1 aliphatic heterocycles. The molecule has 0 spiro atoms. The smallest absolute Gasteiger partial charge is 0.160 e. The summed E-state index contributed by atoms with van der Waals surface area (Å²) in [6, 6.07) is 50.3. The Kier molecular flexibility index (Phi) is 15.3. The third-order valence-electron chi connectivity index (χ3n) is 11.8. The number of aromatic nitrogens is 2. The van der Waals surface area contributed by atoms with Gasteiger partial charge in [0.25, 0.3) is 0 Å². The number of benzene rings is 6. The Labute approximate surface area is 378 Å². The number of anilines is 2. The van der Waals surface area contributed by atoms with Crippen LogP contribution in [0.5, 0.6) is 0 Å². The predicted molar refractivity (Wildman–Crippen MR) is 274 cm³/mol. The molecule has 0 fully saturated rings. The lowest BCUT2D eigenvalue weighted by Gasteiger charge is -2.31. The molecule has 0 bridgehead atoms. The molecule has 0 unspecified atom stereocenters. The van der Waals surface area contributed by atoms with Crippen LogP contribution in [0.25, 0.3) is 56.2 Å². The molecule has 2 heterocycles. The van der Waals surface area contributed by atoms with E-state index in [2.05, 4.69) is 184 Å². The van der Waals surface area contributed by atoms with Crippen molar-refractivity contribution in [1.82, 2.24) is 9.97 Å². The number of aryl methyl sites for hydroxylation is 1. The van der Waals surface area contributed by atoms with Gasteiger partial charge < -0.3 is 4.90 Å². The molecular weight excluding hydrogens is 763 g/mol. The summed E-state index contributed by atoms with van der Waals surface area (Å²) in [5, 5.41) is 0. The predicted octanol–water partition coefficient (Wildman–Crippen LogP) is 17.1. The molecule has 0 saturated heterocycles. The fraction of sp³-hybridized carbons (Fsp3) is 0.233. The maximum absolute atomic E-state index is 5.37. The molecular formula is C60H65N3. The van der Waals surface area contributed by atoms with Gasteiger partial charge >= 0.3 is 0 Å². The highest BCUT2D eigenvalue weighted by Gasteiger charge is 2.37.